The van der Waals surface area contributed by atoms with Crippen LogP contribution in [0.5, 0.6) is 0 Å². The molecule has 7 heteroatoms. The van der Waals surface area contributed by atoms with Crippen LogP contribution in [0.3, 0.4) is 0 Å². The Kier molecular flexibility index (Phi) is 5.28. The molecule has 0 saturated heterocycles. The number of halogens is 4. The Hall–Kier alpha value is -2.73. The smallest absolute Gasteiger partial charge is 0.416 e. The van der Waals surface area contributed by atoms with Crippen LogP contribution in [-0.2, 0) is 6.18 Å². The minimum Gasteiger partial charge on any atom is -0.451 e. The quantitative estimate of drug-likeness (QED) is 0.581. The molecule has 1 atom stereocenters. The van der Waals surface area contributed by atoms with E-state index in [4.69, 9.17) is 16.0 Å². The van der Waals surface area contributed by atoms with Gasteiger partial charge in [-0.1, -0.05) is 41.9 Å². The topological polar surface area (TPSA) is 42.2 Å². The van der Waals surface area contributed by atoms with Gasteiger partial charge in [0, 0.05) is 5.56 Å². The van der Waals surface area contributed by atoms with E-state index in [1.165, 1.54) is 12.1 Å². The lowest BCUT2D eigenvalue weighted by atomic mass is 10.1. The van der Waals surface area contributed by atoms with Crippen molar-refractivity contribution in [3.8, 4) is 11.3 Å². The molecule has 2 aromatic carbocycles. The van der Waals surface area contributed by atoms with E-state index in [1.54, 1.807) is 0 Å². The molecule has 3 aromatic rings. The molecule has 1 amide bonds. The van der Waals surface area contributed by atoms with Gasteiger partial charge in [-0.2, -0.15) is 13.2 Å². The van der Waals surface area contributed by atoms with Crippen LogP contribution in [-0.4, -0.2) is 5.91 Å². The predicted molar refractivity (Wildman–Crippen MR) is 96.5 cm³/mol. The van der Waals surface area contributed by atoms with Gasteiger partial charge in [0.2, 0.25) is 0 Å². The molecule has 3 rings (SSSR count). The molecule has 0 bridgehead atoms. The molecule has 0 aliphatic rings. The Morgan fingerprint density at radius 3 is 2.44 bits per heavy atom. The SMILES string of the molecule is C[C@H](NC(=O)c1ccc(-c2cc(C(F)(F)F)ccc2Cl)o1)c1ccccc1. The second-order valence-electron chi connectivity index (χ2n) is 5.96. The lowest BCUT2D eigenvalue weighted by molar-refractivity contribution is -0.137. The van der Waals surface area contributed by atoms with Crippen molar-refractivity contribution in [2.24, 2.45) is 0 Å². The zero-order valence-corrected chi connectivity index (χ0v) is 14.9. The summed E-state index contributed by atoms with van der Waals surface area (Å²) in [4.78, 5) is 12.4. The summed E-state index contributed by atoms with van der Waals surface area (Å²) in [5.41, 5.74) is 0.141. The summed E-state index contributed by atoms with van der Waals surface area (Å²) in [5, 5.41) is 2.88. The molecule has 0 spiro atoms. The third kappa shape index (κ3) is 4.34. The van der Waals surface area contributed by atoms with Crippen molar-refractivity contribution < 1.29 is 22.4 Å². The molecule has 27 heavy (non-hydrogen) atoms. The molecule has 0 unspecified atom stereocenters. The van der Waals surface area contributed by atoms with Crippen LogP contribution in [0, 0.1) is 0 Å². The van der Waals surface area contributed by atoms with Gasteiger partial charge >= 0.3 is 6.18 Å². The van der Waals surface area contributed by atoms with Gasteiger partial charge in [0.05, 0.1) is 16.6 Å². The maximum atomic E-state index is 12.9. The Bertz CT molecular complexity index is 951. The first-order valence-electron chi connectivity index (χ1n) is 8.08. The highest BCUT2D eigenvalue weighted by Crippen LogP contribution is 2.36. The second-order valence-corrected chi connectivity index (χ2v) is 6.37. The number of amides is 1. The van der Waals surface area contributed by atoms with Crippen molar-refractivity contribution in [3.63, 3.8) is 0 Å². The van der Waals surface area contributed by atoms with Crippen molar-refractivity contribution in [1.29, 1.82) is 0 Å². The van der Waals surface area contributed by atoms with Crippen LogP contribution in [0.25, 0.3) is 11.3 Å². The van der Waals surface area contributed by atoms with Gasteiger partial charge in [0.15, 0.2) is 5.76 Å². The summed E-state index contributed by atoms with van der Waals surface area (Å²) in [7, 11) is 0. The van der Waals surface area contributed by atoms with E-state index in [0.717, 1.165) is 23.8 Å². The molecule has 3 nitrogen and oxygen atoms in total. The summed E-state index contributed by atoms with van der Waals surface area (Å²) >= 11 is 6.01. The summed E-state index contributed by atoms with van der Waals surface area (Å²) in [5.74, 6) is -0.398. The van der Waals surface area contributed by atoms with E-state index in [1.807, 2.05) is 37.3 Å². The van der Waals surface area contributed by atoms with E-state index < -0.39 is 17.6 Å². The van der Waals surface area contributed by atoms with Crippen molar-refractivity contribution in [1.82, 2.24) is 5.32 Å². The number of rotatable bonds is 4. The van der Waals surface area contributed by atoms with Crippen LogP contribution in [0.4, 0.5) is 13.2 Å². The molecule has 0 saturated carbocycles. The molecule has 1 aromatic heterocycles. The molecule has 0 fully saturated rings. The largest absolute Gasteiger partial charge is 0.451 e. The Morgan fingerprint density at radius 1 is 1.07 bits per heavy atom. The van der Waals surface area contributed by atoms with Gasteiger partial charge < -0.3 is 9.73 Å². The summed E-state index contributed by atoms with van der Waals surface area (Å²) in [6, 6.07) is 14.8. The first-order chi connectivity index (χ1) is 12.8. The Balaban J connectivity index is 1.82. The lowest BCUT2D eigenvalue weighted by Gasteiger charge is -2.13. The maximum Gasteiger partial charge on any atom is 0.416 e. The molecule has 1 N–H and O–H groups in total. The highest BCUT2D eigenvalue weighted by molar-refractivity contribution is 6.33. The van der Waals surface area contributed by atoms with Crippen LogP contribution < -0.4 is 5.32 Å². The number of furan rings is 1. The molecular weight excluding hydrogens is 379 g/mol. The number of nitrogens with one attached hydrogen (secondary N) is 1. The Morgan fingerprint density at radius 2 is 1.78 bits per heavy atom. The number of benzene rings is 2. The fourth-order valence-electron chi connectivity index (χ4n) is 2.59. The van der Waals surface area contributed by atoms with Gasteiger partial charge in [0.25, 0.3) is 5.91 Å². The number of alkyl halides is 3. The van der Waals surface area contributed by atoms with E-state index in [9.17, 15) is 18.0 Å². The molecule has 140 valence electrons. The normalized spacial score (nSPS) is 12.6. The molecular formula is C20H15ClF3NO2. The Labute approximate surface area is 158 Å². The van der Waals surface area contributed by atoms with Crippen LogP contribution in [0.1, 0.15) is 34.6 Å². The number of carbonyl (C=O) groups is 1. The van der Waals surface area contributed by atoms with Gasteiger partial charge in [-0.15, -0.1) is 0 Å². The number of hydrogen-bond donors (Lipinski definition) is 1. The first kappa shape index (κ1) is 19.0. The minimum absolute atomic E-state index is 0.0127. The van der Waals surface area contributed by atoms with Gasteiger partial charge in [0.1, 0.15) is 5.76 Å². The van der Waals surface area contributed by atoms with Gasteiger partial charge in [-0.05, 0) is 42.8 Å². The van der Waals surface area contributed by atoms with Gasteiger partial charge in [-0.25, -0.2) is 0 Å². The van der Waals surface area contributed by atoms with E-state index >= 15 is 0 Å². The maximum absolute atomic E-state index is 12.9. The van der Waals surface area contributed by atoms with E-state index in [-0.39, 0.29) is 28.1 Å². The molecule has 0 aliphatic carbocycles. The number of carbonyl (C=O) groups excluding carboxylic acids is 1. The second kappa shape index (κ2) is 7.48. The van der Waals surface area contributed by atoms with Crippen LogP contribution in [0.2, 0.25) is 5.02 Å². The first-order valence-corrected chi connectivity index (χ1v) is 8.46. The highest BCUT2D eigenvalue weighted by atomic mass is 35.5. The predicted octanol–water partition coefficient (Wildman–Crippen LogP) is 6.11. The summed E-state index contributed by atoms with van der Waals surface area (Å²) < 4.78 is 44.2. The highest BCUT2D eigenvalue weighted by Gasteiger charge is 2.31. The molecule has 1 heterocycles. The van der Waals surface area contributed by atoms with E-state index in [2.05, 4.69) is 5.32 Å². The zero-order valence-electron chi connectivity index (χ0n) is 14.2. The van der Waals surface area contributed by atoms with Crippen LogP contribution in [0.15, 0.2) is 65.1 Å². The summed E-state index contributed by atoms with van der Waals surface area (Å²) in [6.07, 6.45) is -4.50. The average molecular weight is 394 g/mol. The molecule has 0 radical (unpaired) electrons. The van der Waals surface area contributed by atoms with Crippen LogP contribution >= 0.6 is 11.6 Å². The van der Waals surface area contributed by atoms with E-state index in [0.29, 0.717) is 0 Å². The fourth-order valence-corrected chi connectivity index (χ4v) is 2.80. The monoisotopic (exact) mass is 393 g/mol. The zero-order chi connectivity index (χ0) is 19.6. The van der Waals surface area contributed by atoms with Crippen molar-refractivity contribution in [2.75, 3.05) is 0 Å². The molecule has 0 aliphatic heterocycles. The average Bonchev–Trinajstić information content (AvgIpc) is 3.12. The lowest BCUT2D eigenvalue weighted by Crippen LogP contribution is -2.26. The van der Waals surface area contributed by atoms with Gasteiger partial charge in [-0.3, -0.25) is 4.79 Å². The third-order valence-corrected chi connectivity index (χ3v) is 4.37. The minimum atomic E-state index is -4.50. The summed E-state index contributed by atoms with van der Waals surface area (Å²) in [6.45, 7) is 1.82. The fraction of sp³-hybridized carbons (Fsp3) is 0.150. The third-order valence-electron chi connectivity index (χ3n) is 4.04. The van der Waals surface area contributed by atoms with Crippen molar-refractivity contribution in [2.45, 2.75) is 19.1 Å². The standard InChI is InChI=1S/C20H15ClF3NO2/c1-12(13-5-3-2-4-6-13)25-19(26)18-10-9-17(27-18)15-11-14(20(22,23)24)7-8-16(15)21/h2-12H,1H3,(H,25,26)/t12-/m0/s1. The number of hydrogen-bond acceptors (Lipinski definition) is 2. The van der Waals surface area contributed by atoms with Crippen molar-refractivity contribution in [3.05, 3.63) is 82.6 Å². The van der Waals surface area contributed by atoms with Crippen molar-refractivity contribution >= 4 is 17.5 Å².